The molecule has 0 N–H and O–H groups in total. The van der Waals surface area contributed by atoms with Gasteiger partial charge in [-0.3, -0.25) is 0 Å². The molecule has 0 atom stereocenters. The second-order valence-corrected chi connectivity index (χ2v) is 3.47. The molecule has 0 radical (unpaired) electrons. The second-order valence-electron chi connectivity index (χ2n) is 2.81. The van der Waals surface area contributed by atoms with Crippen LogP contribution in [-0.2, 0) is 14.4 Å². The predicted molar refractivity (Wildman–Crippen MR) is 69.3 cm³/mol. The Balaban J connectivity index is -0.0000000542. The van der Waals surface area contributed by atoms with E-state index >= 15 is 0 Å². The molecule has 0 amide bonds. The fourth-order valence-corrected chi connectivity index (χ4v) is 0. The molecule has 3 nitrogen and oxygen atoms in total. The normalized spacial score (nSPS) is 5.73. The minimum atomic E-state index is 0.167. The van der Waals surface area contributed by atoms with Crippen molar-refractivity contribution in [2.45, 2.75) is 41.5 Å². The van der Waals surface area contributed by atoms with Crippen molar-refractivity contribution in [3.8, 4) is 0 Å². The number of carbonyl (C=O) groups excluding carboxylic acids is 3. The van der Waals surface area contributed by atoms with Gasteiger partial charge >= 0.3 is 0 Å². The summed E-state index contributed by atoms with van der Waals surface area (Å²) < 4.78 is 1.92. The fourth-order valence-electron chi connectivity index (χ4n) is 0. The first-order chi connectivity index (χ1) is 6.61. The van der Waals surface area contributed by atoms with Gasteiger partial charge in [0.05, 0.1) is 0 Å². The summed E-state index contributed by atoms with van der Waals surface area (Å²) in [6.45, 7) is 9.17. The molecule has 0 bridgehead atoms. The number of hydrogen-bond acceptors (Lipinski definition) is 5. The highest BCUT2D eigenvalue weighted by Crippen LogP contribution is 1.51. The average molecular weight is 250 g/mol. The van der Waals surface area contributed by atoms with E-state index in [1.165, 1.54) is 41.5 Å². The maximum atomic E-state index is 9.44. The van der Waals surface area contributed by atoms with Crippen molar-refractivity contribution in [3.05, 3.63) is 0 Å². The SMILES string of the molecule is CC(C)=O.CC(C)=O.CC(C)=O.S=C=S. The Bertz CT molecular complexity index is 176. The Kier molecular flexibility index (Phi) is 36.9. The Morgan fingerprint density at radius 1 is 0.667 bits per heavy atom. The highest BCUT2D eigenvalue weighted by Gasteiger charge is 1.63. The number of rotatable bonds is 0. The van der Waals surface area contributed by atoms with Crippen molar-refractivity contribution in [3.63, 3.8) is 0 Å². The summed E-state index contributed by atoms with van der Waals surface area (Å²) in [6.07, 6.45) is 0. The zero-order valence-electron chi connectivity index (χ0n) is 10.0. The molecule has 0 rings (SSSR count). The smallest absolute Gasteiger partial charge is 0.126 e. The first kappa shape index (κ1) is 23.8. The van der Waals surface area contributed by atoms with Crippen LogP contribution >= 0.6 is 24.4 Å². The molecule has 0 spiro atoms. The fraction of sp³-hybridized carbons (Fsp3) is 0.600. The van der Waals surface area contributed by atoms with Crippen LogP contribution in [-0.4, -0.2) is 21.7 Å². The first-order valence-electron chi connectivity index (χ1n) is 4.02. The topological polar surface area (TPSA) is 51.2 Å². The Labute approximate surface area is 102 Å². The average Bonchev–Trinajstić information content (AvgIpc) is 1.81. The Morgan fingerprint density at radius 3 is 0.667 bits per heavy atom. The van der Waals surface area contributed by atoms with Crippen molar-refractivity contribution in [1.82, 2.24) is 0 Å². The van der Waals surface area contributed by atoms with Crippen molar-refractivity contribution >= 4 is 46.1 Å². The van der Waals surface area contributed by atoms with Crippen LogP contribution in [0.1, 0.15) is 41.5 Å². The molecule has 0 fully saturated rings. The van der Waals surface area contributed by atoms with Crippen LogP contribution in [0.15, 0.2) is 0 Å². The van der Waals surface area contributed by atoms with E-state index in [0.717, 1.165) is 0 Å². The van der Waals surface area contributed by atoms with E-state index in [0.29, 0.717) is 0 Å². The van der Waals surface area contributed by atoms with Crippen molar-refractivity contribution in [2.75, 3.05) is 0 Å². The highest BCUT2D eigenvalue weighted by molar-refractivity contribution is 7.93. The minimum Gasteiger partial charge on any atom is -0.300 e. The van der Waals surface area contributed by atoms with E-state index in [1.54, 1.807) is 0 Å². The van der Waals surface area contributed by atoms with Crippen LogP contribution in [0.25, 0.3) is 0 Å². The largest absolute Gasteiger partial charge is 0.300 e. The number of Topliss-reactive ketones (excluding diaryl/α,β-unsaturated/α-hetero) is 3. The van der Waals surface area contributed by atoms with Crippen LogP contribution in [0, 0.1) is 0 Å². The van der Waals surface area contributed by atoms with Gasteiger partial charge in [-0.2, -0.15) is 0 Å². The molecular weight excluding hydrogens is 232 g/mol. The molecule has 0 aromatic heterocycles. The van der Waals surface area contributed by atoms with Crippen LogP contribution in [0.3, 0.4) is 0 Å². The van der Waals surface area contributed by atoms with Gasteiger partial charge in [-0.05, 0) is 66.0 Å². The molecule has 15 heavy (non-hydrogen) atoms. The molecule has 0 saturated heterocycles. The predicted octanol–water partition coefficient (Wildman–Crippen LogP) is 2.80. The Morgan fingerprint density at radius 2 is 0.667 bits per heavy atom. The van der Waals surface area contributed by atoms with Gasteiger partial charge in [-0.1, -0.05) is 0 Å². The summed E-state index contributed by atoms with van der Waals surface area (Å²) in [4.78, 5) is 28.3. The lowest BCUT2D eigenvalue weighted by atomic mass is 10.6. The summed E-state index contributed by atoms with van der Waals surface area (Å²) in [6, 6.07) is 0. The van der Waals surface area contributed by atoms with Crippen LogP contribution in [0.2, 0.25) is 0 Å². The van der Waals surface area contributed by atoms with Crippen LogP contribution < -0.4 is 0 Å². The van der Waals surface area contributed by atoms with Gasteiger partial charge < -0.3 is 14.4 Å². The summed E-state index contributed by atoms with van der Waals surface area (Å²) in [5.74, 6) is 0.500. The van der Waals surface area contributed by atoms with Crippen LogP contribution in [0.4, 0.5) is 0 Å². The summed E-state index contributed by atoms with van der Waals surface area (Å²) in [5.41, 5.74) is 0. The number of carbonyl (C=O) groups is 3. The third kappa shape index (κ3) is 2810. The number of hydrogen-bond donors (Lipinski definition) is 0. The minimum absolute atomic E-state index is 0.167. The molecule has 0 saturated carbocycles. The molecule has 0 aliphatic carbocycles. The number of ketones is 3. The van der Waals surface area contributed by atoms with E-state index in [-0.39, 0.29) is 17.3 Å². The van der Waals surface area contributed by atoms with E-state index < -0.39 is 0 Å². The van der Waals surface area contributed by atoms with E-state index in [2.05, 4.69) is 24.4 Å². The molecule has 0 heterocycles. The van der Waals surface area contributed by atoms with E-state index in [1.807, 2.05) is 4.31 Å². The quantitative estimate of drug-likeness (QED) is 0.619. The third-order valence-electron chi connectivity index (χ3n) is 0. The van der Waals surface area contributed by atoms with E-state index in [4.69, 9.17) is 0 Å². The second kappa shape index (κ2) is 23.2. The standard InChI is InChI=1S/3C3H6O.CS2/c3*1-3(2)4;2-1-3/h3*1-2H3;. The molecular formula is C10H18O3S2. The zero-order chi connectivity index (χ0) is 13.4. The molecule has 0 aromatic rings. The van der Waals surface area contributed by atoms with Gasteiger partial charge in [0.1, 0.15) is 17.3 Å². The van der Waals surface area contributed by atoms with Gasteiger partial charge in [0.2, 0.25) is 0 Å². The van der Waals surface area contributed by atoms with Gasteiger partial charge in [-0.25, -0.2) is 0 Å². The highest BCUT2D eigenvalue weighted by atomic mass is 32.1. The Hall–Kier alpha value is -0.770. The third-order valence-corrected chi connectivity index (χ3v) is 0. The van der Waals surface area contributed by atoms with Gasteiger partial charge in [0.25, 0.3) is 0 Å². The summed E-state index contributed by atoms with van der Waals surface area (Å²) in [5, 5.41) is 0. The summed E-state index contributed by atoms with van der Waals surface area (Å²) in [7, 11) is 0. The molecule has 5 heteroatoms. The maximum Gasteiger partial charge on any atom is 0.126 e. The lowest BCUT2D eigenvalue weighted by molar-refractivity contribution is -0.115. The van der Waals surface area contributed by atoms with Crippen molar-refractivity contribution in [1.29, 1.82) is 0 Å². The first-order valence-corrected chi connectivity index (χ1v) is 4.84. The molecule has 0 aliphatic heterocycles. The van der Waals surface area contributed by atoms with Crippen LogP contribution in [0.5, 0.6) is 0 Å². The van der Waals surface area contributed by atoms with Gasteiger partial charge in [-0.15, -0.1) is 0 Å². The van der Waals surface area contributed by atoms with Gasteiger partial charge in [0.15, 0.2) is 0 Å². The van der Waals surface area contributed by atoms with Crippen molar-refractivity contribution < 1.29 is 14.4 Å². The maximum absolute atomic E-state index is 9.44. The van der Waals surface area contributed by atoms with Crippen molar-refractivity contribution in [2.24, 2.45) is 0 Å². The van der Waals surface area contributed by atoms with Gasteiger partial charge in [0, 0.05) is 4.31 Å². The molecule has 0 aliphatic rings. The molecule has 0 unspecified atom stereocenters. The van der Waals surface area contributed by atoms with E-state index in [9.17, 15) is 14.4 Å². The monoisotopic (exact) mass is 250 g/mol. The lowest BCUT2D eigenvalue weighted by Crippen LogP contribution is -1.69. The molecule has 0 aromatic carbocycles. The molecule has 88 valence electrons. The number of thiocarbonyl (C=S) groups is 2. The summed E-state index contributed by atoms with van der Waals surface area (Å²) >= 11 is 7.92. The lowest BCUT2D eigenvalue weighted by Gasteiger charge is -1.56. The zero-order valence-corrected chi connectivity index (χ0v) is 11.7.